The number of hydrogen-bond acceptors (Lipinski definition) is 3. The van der Waals surface area contributed by atoms with Gasteiger partial charge in [-0.2, -0.15) is 0 Å². The van der Waals surface area contributed by atoms with Crippen LogP contribution in [0.3, 0.4) is 0 Å². The van der Waals surface area contributed by atoms with E-state index in [2.05, 4.69) is 0 Å². The first kappa shape index (κ1) is 9.95. The molecule has 3 nitrogen and oxygen atoms in total. The average molecular weight is 185 g/mol. The van der Waals surface area contributed by atoms with Crippen LogP contribution in [0.1, 0.15) is 18.1 Å². The minimum Gasteiger partial charge on any atom is -0.508 e. The van der Waals surface area contributed by atoms with Crippen LogP contribution in [0, 0.1) is 5.82 Å². The van der Waals surface area contributed by atoms with Crippen molar-refractivity contribution in [3.05, 3.63) is 29.6 Å². The van der Waals surface area contributed by atoms with E-state index in [-0.39, 0.29) is 11.3 Å². The minimum atomic E-state index is -0.898. The maximum atomic E-state index is 13.1. The number of benzene rings is 1. The van der Waals surface area contributed by atoms with E-state index in [1.54, 1.807) is 0 Å². The van der Waals surface area contributed by atoms with E-state index in [9.17, 15) is 9.50 Å². The van der Waals surface area contributed by atoms with Gasteiger partial charge in [-0.25, -0.2) is 4.39 Å². The number of aliphatic hydroxyl groups is 1. The number of aliphatic hydroxyl groups excluding tert-OH is 1. The van der Waals surface area contributed by atoms with Crippen LogP contribution < -0.4 is 5.73 Å². The van der Waals surface area contributed by atoms with Crippen LogP contribution in [0.2, 0.25) is 0 Å². The third kappa shape index (κ3) is 2.40. The first-order valence-electron chi connectivity index (χ1n) is 4.01. The molecule has 0 spiro atoms. The fourth-order valence-corrected chi connectivity index (χ4v) is 1.10. The topological polar surface area (TPSA) is 66.5 Å². The van der Waals surface area contributed by atoms with Crippen molar-refractivity contribution in [3.8, 4) is 5.75 Å². The van der Waals surface area contributed by atoms with Gasteiger partial charge in [-0.1, -0.05) is 0 Å². The molecule has 1 aromatic rings. The number of rotatable bonds is 3. The van der Waals surface area contributed by atoms with Gasteiger partial charge in [-0.15, -0.1) is 0 Å². The Hall–Kier alpha value is -1.13. The van der Waals surface area contributed by atoms with Crippen molar-refractivity contribution in [2.75, 3.05) is 6.54 Å². The van der Waals surface area contributed by atoms with E-state index in [1.165, 1.54) is 12.1 Å². The zero-order valence-electron chi connectivity index (χ0n) is 7.07. The largest absolute Gasteiger partial charge is 0.508 e. The molecule has 0 fully saturated rings. The summed E-state index contributed by atoms with van der Waals surface area (Å²) in [6.45, 7) is 0.293. The Bertz CT molecular complexity index is 291. The number of aromatic hydroxyl groups is 1. The molecule has 1 atom stereocenters. The fourth-order valence-electron chi connectivity index (χ4n) is 1.10. The second kappa shape index (κ2) is 4.20. The molecule has 0 aliphatic carbocycles. The lowest BCUT2D eigenvalue weighted by atomic mass is 10.1. The highest BCUT2D eigenvalue weighted by atomic mass is 19.1. The summed E-state index contributed by atoms with van der Waals surface area (Å²) in [7, 11) is 0. The summed E-state index contributed by atoms with van der Waals surface area (Å²) >= 11 is 0. The van der Waals surface area contributed by atoms with Gasteiger partial charge in [0, 0.05) is 11.6 Å². The summed E-state index contributed by atoms with van der Waals surface area (Å²) in [4.78, 5) is 0. The maximum Gasteiger partial charge on any atom is 0.132 e. The predicted molar refractivity (Wildman–Crippen MR) is 46.7 cm³/mol. The Morgan fingerprint density at radius 2 is 2.15 bits per heavy atom. The third-order valence-corrected chi connectivity index (χ3v) is 1.78. The molecule has 72 valence electrons. The number of phenols is 1. The lowest BCUT2D eigenvalue weighted by Gasteiger charge is -2.10. The molecule has 0 aliphatic heterocycles. The van der Waals surface area contributed by atoms with E-state index >= 15 is 0 Å². The van der Waals surface area contributed by atoms with Crippen LogP contribution in [0.15, 0.2) is 18.2 Å². The molecular weight excluding hydrogens is 173 g/mol. The summed E-state index contributed by atoms with van der Waals surface area (Å²) in [6, 6.07) is 3.65. The molecule has 0 saturated heterocycles. The molecule has 4 heteroatoms. The molecule has 0 aliphatic rings. The van der Waals surface area contributed by atoms with Gasteiger partial charge >= 0.3 is 0 Å². The first-order chi connectivity index (χ1) is 6.15. The number of nitrogens with two attached hydrogens (primary N) is 1. The molecule has 0 aromatic heterocycles. The minimum absolute atomic E-state index is 0.152. The Labute approximate surface area is 75.6 Å². The van der Waals surface area contributed by atoms with Crippen LogP contribution in [0.5, 0.6) is 5.75 Å². The van der Waals surface area contributed by atoms with E-state index in [0.717, 1.165) is 6.07 Å². The highest BCUT2D eigenvalue weighted by Gasteiger charge is 2.11. The highest BCUT2D eigenvalue weighted by Crippen LogP contribution is 2.22. The monoisotopic (exact) mass is 185 g/mol. The van der Waals surface area contributed by atoms with Gasteiger partial charge in [0.1, 0.15) is 11.6 Å². The van der Waals surface area contributed by atoms with Crippen LogP contribution >= 0.6 is 0 Å². The lowest BCUT2D eigenvalue weighted by Crippen LogP contribution is -2.08. The average Bonchev–Trinajstić information content (AvgIpc) is 2.04. The summed E-state index contributed by atoms with van der Waals surface area (Å²) in [6.07, 6.45) is -0.590. The molecular formula is C9H12FNO2. The Morgan fingerprint density at radius 1 is 1.46 bits per heavy atom. The molecule has 0 bridgehead atoms. The van der Waals surface area contributed by atoms with Gasteiger partial charge in [0.05, 0.1) is 6.10 Å². The van der Waals surface area contributed by atoms with E-state index in [4.69, 9.17) is 10.8 Å². The smallest absolute Gasteiger partial charge is 0.132 e. The molecule has 0 amide bonds. The normalized spacial score (nSPS) is 12.8. The number of hydrogen-bond donors (Lipinski definition) is 3. The zero-order chi connectivity index (χ0) is 9.84. The summed E-state index contributed by atoms with van der Waals surface area (Å²) in [5, 5.41) is 18.3. The van der Waals surface area contributed by atoms with Gasteiger partial charge in [0.2, 0.25) is 0 Å². The van der Waals surface area contributed by atoms with Crippen molar-refractivity contribution in [1.29, 1.82) is 0 Å². The predicted octanol–water partition coefficient (Wildman–Crippen LogP) is 0.914. The van der Waals surface area contributed by atoms with Gasteiger partial charge in [0.25, 0.3) is 0 Å². The van der Waals surface area contributed by atoms with Crippen molar-refractivity contribution in [2.45, 2.75) is 12.5 Å². The first-order valence-corrected chi connectivity index (χ1v) is 4.01. The van der Waals surface area contributed by atoms with Gasteiger partial charge in [-0.05, 0) is 25.1 Å². The summed E-state index contributed by atoms with van der Waals surface area (Å²) < 4.78 is 13.1. The lowest BCUT2D eigenvalue weighted by molar-refractivity contribution is 0.165. The standard InChI is InChI=1S/C9H12FNO2/c10-8-5-6(12)1-2-7(8)9(13)3-4-11/h1-2,5,9,12-13H,3-4,11H2/t9-/m0/s1. The molecule has 4 N–H and O–H groups in total. The van der Waals surface area contributed by atoms with E-state index in [0.29, 0.717) is 13.0 Å². The zero-order valence-corrected chi connectivity index (χ0v) is 7.07. The highest BCUT2D eigenvalue weighted by molar-refractivity contribution is 5.29. The summed E-state index contributed by atoms with van der Waals surface area (Å²) in [5.41, 5.74) is 5.38. The van der Waals surface area contributed by atoms with Crippen LogP contribution in [0.25, 0.3) is 0 Å². The van der Waals surface area contributed by atoms with Crippen molar-refractivity contribution in [1.82, 2.24) is 0 Å². The van der Waals surface area contributed by atoms with Crippen LogP contribution in [0.4, 0.5) is 4.39 Å². The van der Waals surface area contributed by atoms with Gasteiger partial charge in [0.15, 0.2) is 0 Å². The van der Waals surface area contributed by atoms with Crippen molar-refractivity contribution in [2.24, 2.45) is 5.73 Å². The number of phenolic OH excluding ortho intramolecular Hbond substituents is 1. The molecule has 0 heterocycles. The quantitative estimate of drug-likeness (QED) is 0.655. The molecule has 1 rings (SSSR count). The molecule has 0 saturated carbocycles. The van der Waals surface area contributed by atoms with Gasteiger partial charge in [-0.3, -0.25) is 0 Å². The van der Waals surface area contributed by atoms with Crippen molar-refractivity contribution >= 4 is 0 Å². The second-order valence-corrected chi connectivity index (χ2v) is 2.80. The third-order valence-electron chi connectivity index (χ3n) is 1.78. The second-order valence-electron chi connectivity index (χ2n) is 2.80. The van der Waals surface area contributed by atoms with E-state index < -0.39 is 11.9 Å². The molecule has 0 radical (unpaired) electrons. The Balaban J connectivity index is 2.88. The Kier molecular flexibility index (Phi) is 3.22. The van der Waals surface area contributed by atoms with Crippen molar-refractivity contribution < 1.29 is 14.6 Å². The van der Waals surface area contributed by atoms with Crippen molar-refractivity contribution in [3.63, 3.8) is 0 Å². The van der Waals surface area contributed by atoms with Crippen LogP contribution in [-0.4, -0.2) is 16.8 Å². The van der Waals surface area contributed by atoms with Crippen LogP contribution in [-0.2, 0) is 0 Å². The summed E-state index contributed by atoms with van der Waals surface area (Å²) in [5.74, 6) is -0.762. The molecule has 0 unspecified atom stereocenters. The fraction of sp³-hybridized carbons (Fsp3) is 0.333. The SMILES string of the molecule is NCC[C@H](O)c1ccc(O)cc1F. The Morgan fingerprint density at radius 3 is 2.69 bits per heavy atom. The van der Waals surface area contributed by atoms with Gasteiger partial charge < -0.3 is 15.9 Å². The molecule has 13 heavy (non-hydrogen) atoms. The molecule has 1 aromatic carbocycles. The van der Waals surface area contributed by atoms with E-state index in [1.807, 2.05) is 0 Å². The number of halogens is 1. The maximum absolute atomic E-state index is 13.1.